The zero-order chi connectivity index (χ0) is 19.3. The molecule has 0 aromatic heterocycles. The molecule has 0 spiro atoms. The van der Waals surface area contributed by atoms with Gasteiger partial charge in [-0.3, -0.25) is 9.59 Å². The van der Waals surface area contributed by atoms with Crippen molar-refractivity contribution in [1.29, 1.82) is 0 Å². The first kappa shape index (κ1) is 18.9. The number of carboxylic acids is 1. The summed E-state index contributed by atoms with van der Waals surface area (Å²) in [6, 6.07) is 7.74. The summed E-state index contributed by atoms with van der Waals surface area (Å²) in [6.07, 6.45) is 0.196. The third kappa shape index (κ3) is 4.79. The number of carbonyl (C=O) groups is 2. The van der Waals surface area contributed by atoms with Crippen LogP contribution >= 0.6 is 0 Å². The van der Waals surface area contributed by atoms with Gasteiger partial charge in [0, 0.05) is 6.42 Å². The van der Waals surface area contributed by atoms with Gasteiger partial charge in [-0.05, 0) is 41.8 Å². The molecule has 8 nitrogen and oxygen atoms in total. The molecule has 0 heterocycles. The monoisotopic (exact) mass is 362 g/mol. The minimum absolute atomic E-state index is 0.0443. The number of carbonyl (C=O) groups excluding carboxylic acids is 1. The Bertz CT molecular complexity index is 815. The van der Waals surface area contributed by atoms with Crippen molar-refractivity contribution < 1.29 is 39.9 Å². The molecule has 0 aliphatic carbocycles. The second-order valence-electron chi connectivity index (χ2n) is 5.65. The van der Waals surface area contributed by atoms with Crippen LogP contribution in [0, 0.1) is 0 Å². The molecule has 0 bridgehead atoms. The number of rotatable bonds is 7. The number of aliphatic carboxylic acids is 1. The van der Waals surface area contributed by atoms with E-state index < -0.39 is 30.2 Å². The van der Waals surface area contributed by atoms with Crippen molar-refractivity contribution in [3.63, 3.8) is 0 Å². The van der Waals surface area contributed by atoms with Crippen LogP contribution in [0.2, 0.25) is 0 Å². The molecule has 0 aliphatic rings. The van der Waals surface area contributed by atoms with Gasteiger partial charge in [-0.15, -0.1) is 0 Å². The SMILES string of the molecule is O=C(CCc1ccc(O)c(O)c1)OCC(C(=O)O)c1ccc(O)c(O)c1. The molecular weight excluding hydrogens is 344 g/mol. The van der Waals surface area contributed by atoms with Gasteiger partial charge >= 0.3 is 11.9 Å². The van der Waals surface area contributed by atoms with Gasteiger partial charge in [-0.2, -0.15) is 0 Å². The summed E-state index contributed by atoms with van der Waals surface area (Å²) in [5, 5.41) is 46.7. The molecule has 0 saturated carbocycles. The van der Waals surface area contributed by atoms with Crippen LogP contribution in [0.3, 0.4) is 0 Å². The minimum atomic E-state index is -1.24. The van der Waals surface area contributed by atoms with E-state index in [1.807, 2.05) is 0 Å². The molecule has 0 saturated heterocycles. The maximum atomic E-state index is 11.8. The molecule has 2 aromatic carbocycles. The maximum Gasteiger partial charge on any atom is 0.314 e. The second-order valence-corrected chi connectivity index (χ2v) is 5.65. The molecule has 2 rings (SSSR count). The van der Waals surface area contributed by atoms with Crippen molar-refractivity contribution in [2.24, 2.45) is 0 Å². The lowest BCUT2D eigenvalue weighted by Crippen LogP contribution is -2.20. The molecule has 5 N–H and O–H groups in total. The number of hydrogen-bond donors (Lipinski definition) is 5. The predicted molar refractivity (Wildman–Crippen MR) is 89.2 cm³/mol. The lowest BCUT2D eigenvalue weighted by atomic mass is 9.99. The first-order valence-corrected chi connectivity index (χ1v) is 7.69. The van der Waals surface area contributed by atoms with Gasteiger partial charge in [0.25, 0.3) is 0 Å². The van der Waals surface area contributed by atoms with Gasteiger partial charge < -0.3 is 30.3 Å². The van der Waals surface area contributed by atoms with Crippen molar-refractivity contribution in [3.8, 4) is 23.0 Å². The molecule has 0 aliphatic heterocycles. The largest absolute Gasteiger partial charge is 0.504 e. The van der Waals surface area contributed by atoms with E-state index in [2.05, 4.69) is 0 Å². The molecule has 26 heavy (non-hydrogen) atoms. The minimum Gasteiger partial charge on any atom is -0.504 e. The molecule has 1 atom stereocenters. The molecule has 2 aromatic rings. The topological polar surface area (TPSA) is 145 Å². The van der Waals surface area contributed by atoms with Crippen molar-refractivity contribution in [2.45, 2.75) is 18.8 Å². The fraction of sp³-hybridized carbons (Fsp3) is 0.222. The van der Waals surface area contributed by atoms with Crippen LogP contribution in [0.1, 0.15) is 23.5 Å². The van der Waals surface area contributed by atoms with Crippen LogP contribution in [0.15, 0.2) is 36.4 Å². The number of ether oxygens (including phenoxy) is 1. The highest BCUT2D eigenvalue weighted by molar-refractivity contribution is 5.77. The van der Waals surface area contributed by atoms with Gasteiger partial charge in [0.2, 0.25) is 0 Å². The van der Waals surface area contributed by atoms with Crippen LogP contribution in [-0.4, -0.2) is 44.1 Å². The lowest BCUT2D eigenvalue weighted by molar-refractivity contribution is -0.148. The molecule has 0 radical (unpaired) electrons. The predicted octanol–water partition coefficient (Wildman–Crippen LogP) is 1.85. The van der Waals surface area contributed by atoms with E-state index in [1.165, 1.54) is 18.2 Å². The van der Waals surface area contributed by atoms with Crippen LogP contribution in [0.5, 0.6) is 23.0 Å². The Morgan fingerprint density at radius 3 is 2.08 bits per heavy atom. The van der Waals surface area contributed by atoms with E-state index in [0.29, 0.717) is 5.56 Å². The number of benzene rings is 2. The number of aromatic hydroxyl groups is 4. The van der Waals surface area contributed by atoms with E-state index >= 15 is 0 Å². The number of carboxylic acid groups (broad SMARTS) is 1. The molecule has 1 unspecified atom stereocenters. The maximum absolute atomic E-state index is 11.8. The van der Waals surface area contributed by atoms with E-state index in [-0.39, 0.29) is 35.7 Å². The van der Waals surface area contributed by atoms with Crippen LogP contribution < -0.4 is 0 Å². The number of phenols is 4. The zero-order valence-electron chi connectivity index (χ0n) is 13.6. The van der Waals surface area contributed by atoms with Crippen LogP contribution in [0.25, 0.3) is 0 Å². The van der Waals surface area contributed by atoms with Gasteiger partial charge in [0.15, 0.2) is 23.0 Å². The molecule has 8 heteroatoms. The van der Waals surface area contributed by atoms with E-state index in [0.717, 1.165) is 12.1 Å². The summed E-state index contributed by atoms with van der Waals surface area (Å²) < 4.78 is 4.99. The standard InChI is InChI=1S/C18H18O8/c19-13-4-1-10(7-15(13)21)2-6-17(23)26-9-12(18(24)25)11-3-5-14(20)16(22)8-11/h1,3-5,7-8,12,19-22H,2,6,9H2,(H,24,25). The summed E-state index contributed by atoms with van der Waals surface area (Å²) in [7, 11) is 0. The Balaban J connectivity index is 1.93. The summed E-state index contributed by atoms with van der Waals surface area (Å²) in [4.78, 5) is 23.2. The molecule has 0 amide bonds. The van der Waals surface area contributed by atoms with Crippen molar-refractivity contribution in [1.82, 2.24) is 0 Å². The Morgan fingerprint density at radius 2 is 1.50 bits per heavy atom. The molecule has 0 fully saturated rings. The highest BCUT2D eigenvalue weighted by Gasteiger charge is 2.23. The van der Waals surface area contributed by atoms with Gasteiger partial charge in [0.1, 0.15) is 12.5 Å². The highest BCUT2D eigenvalue weighted by Crippen LogP contribution is 2.29. The summed E-state index contributed by atoms with van der Waals surface area (Å²) in [6.45, 7) is -0.431. The van der Waals surface area contributed by atoms with E-state index in [9.17, 15) is 35.1 Å². The Kier molecular flexibility index (Phi) is 5.90. The normalized spacial score (nSPS) is 11.7. The fourth-order valence-corrected chi connectivity index (χ4v) is 2.29. The van der Waals surface area contributed by atoms with E-state index in [4.69, 9.17) is 4.74 Å². The van der Waals surface area contributed by atoms with Crippen molar-refractivity contribution >= 4 is 11.9 Å². The number of esters is 1. The highest BCUT2D eigenvalue weighted by atomic mass is 16.5. The van der Waals surface area contributed by atoms with E-state index in [1.54, 1.807) is 6.07 Å². The smallest absolute Gasteiger partial charge is 0.314 e. The average molecular weight is 362 g/mol. The lowest BCUT2D eigenvalue weighted by Gasteiger charge is -2.14. The third-order valence-electron chi connectivity index (χ3n) is 3.77. The van der Waals surface area contributed by atoms with Crippen LogP contribution in [-0.2, 0) is 20.7 Å². The quantitative estimate of drug-likeness (QED) is 0.371. The molecular formula is C18H18O8. The van der Waals surface area contributed by atoms with Crippen LogP contribution in [0.4, 0.5) is 0 Å². The Morgan fingerprint density at radius 1 is 0.885 bits per heavy atom. The summed E-state index contributed by atoms with van der Waals surface area (Å²) in [5.41, 5.74) is 0.791. The summed E-state index contributed by atoms with van der Waals surface area (Å²) >= 11 is 0. The zero-order valence-corrected chi connectivity index (χ0v) is 13.6. The fourth-order valence-electron chi connectivity index (χ4n) is 2.29. The van der Waals surface area contributed by atoms with Gasteiger partial charge in [-0.25, -0.2) is 0 Å². The third-order valence-corrected chi connectivity index (χ3v) is 3.77. The number of aryl methyl sites for hydroxylation is 1. The average Bonchev–Trinajstić information content (AvgIpc) is 2.59. The summed E-state index contributed by atoms with van der Waals surface area (Å²) in [5.74, 6) is -4.48. The number of phenolic OH excluding ortho intramolecular Hbond substituents is 4. The Hall–Kier alpha value is -3.42. The van der Waals surface area contributed by atoms with Gasteiger partial charge in [-0.1, -0.05) is 12.1 Å². The Labute approximate surface area is 148 Å². The second kappa shape index (κ2) is 8.11. The first-order chi connectivity index (χ1) is 12.3. The number of hydrogen-bond acceptors (Lipinski definition) is 7. The van der Waals surface area contributed by atoms with Crippen molar-refractivity contribution in [3.05, 3.63) is 47.5 Å². The van der Waals surface area contributed by atoms with Crippen molar-refractivity contribution in [2.75, 3.05) is 6.61 Å². The first-order valence-electron chi connectivity index (χ1n) is 7.69. The van der Waals surface area contributed by atoms with Gasteiger partial charge in [0.05, 0.1) is 0 Å². The molecule has 138 valence electrons.